The van der Waals surface area contributed by atoms with Crippen molar-refractivity contribution < 1.29 is 14.6 Å². The maximum Gasteiger partial charge on any atom is 0.302 e. The second-order valence-electron chi connectivity index (χ2n) is 5.00. The largest absolute Gasteiger partial charge is 0.463 e. The molecule has 0 radical (unpaired) electrons. The van der Waals surface area contributed by atoms with Crippen LogP contribution in [0.3, 0.4) is 0 Å². The Morgan fingerprint density at radius 1 is 1.16 bits per heavy atom. The smallest absolute Gasteiger partial charge is 0.302 e. The predicted octanol–water partition coefficient (Wildman–Crippen LogP) is 3.77. The number of esters is 1. The zero-order chi connectivity index (χ0) is 14.7. The van der Waals surface area contributed by atoms with Crippen LogP contribution in [0.4, 0.5) is 0 Å². The molecule has 3 heteroatoms. The topological polar surface area (TPSA) is 46.5 Å². The van der Waals surface area contributed by atoms with Crippen LogP contribution in [-0.4, -0.2) is 23.8 Å². The van der Waals surface area contributed by atoms with Crippen molar-refractivity contribution in [3.8, 4) is 0 Å². The third-order valence-electron chi connectivity index (χ3n) is 3.12. The normalized spacial score (nSPS) is 14.4. The third kappa shape index (κ3) is 10.5. The Morgan fingerprint density at radius 3 is 2.32 bits per heavy atom. The Labute approximate surface area is 117 Å². The predicted molar refractivity (Wildman–Crippen MR) is 78.9 cm³/mol. The van der Waals surface area contributed by atoms with E-state index in [-0.39, 0.29) is 18.7 Å². The molecule has 19 heavy (non-hydrogen) atoms. The molecule has 0 saturated carbocycles. The lowest BCUT2D eigenvalue weighted by molar-refractivity contribution is -0.146. The van der Waals surface area contributed by atoms with E-state index < -0.39 is 0 Å². The molecule has 0 aromatic rings. The third-order valence-corrected chi connectivity index (χ3v) is 3.12. The van der Waals surface area contributed by atoms with Gasteiger partial charge in [-0.3, -0.25) is 4.79 Å². The summed E-state index contributed by atoms with van der Waals surface area (Å²) in [6, 6.07) is 0. The molecule has 0 aromatic carbocycles. The zero-order valence-electron chi connectivity index (χ0n) is 12.7. The molecule has 0 heterocycles. The first kappa shape index (κ1) is 17.9. The first-order valence-electron chi connectivity index (χ1n) is 7.08. The molecule has 0 aromatic heterocycles. The Balaban J connectivity index is 3.98. The fourth-order valence-corrected chi connectivity index (χ4v) is 1.88. The first-order chi connectivity index (χ1) is 8.99. The number of rotatable bonds is 9. The Morgan fingerprint density at radius 2 is 1.79 bits per heavy atom. The minimum absolute atomic E-state index is 0.0388. The van der Waals surface area contributed by atoms with Crippen molar-refractivity contribution in [2.24, 2.45) is 0 Å². The number of aliphatic hydroxyl groups is 1. The first-order valence-corrected chi connectivity index (χ1v) is 7.08. The summed E-state index contributed by atoms with van der Waals surface area (Å²) in [5.41, 5.74) is 2.56. The Hall–Kier alpha value is -1.09. The van der Waals surface area contributed by atoms with Crippen molar-refractivity contribution >= 4 is 5.97 Å². The molecule has 3 nitrogen and oxygen atoms in total. The van der Waals surface area contributed by atoms with E-state index in [0.717, 1.165) is 32.1 Å². The molecular formula is C16H28O3. The SMILES string of the molecule is CCC(CC/C(C)=C/CC/C(C)=C/CO)OC(C)=O. The quantitative estimate of drug-likeness (QED) is 0.511. The Kier molecular flexibility index (Phi) is 10.2. The molecule has 1 N–H and O–H groups in total. The number of hydrogen-bond donors (Lipinski definition) is 1. The highest BCUT2D eigenvalue weighted by molar-refractivity contribution is 5.66. The van der Waals surface area contributed by atoms with Crippen molar-refractivity contribution in [3.05, 3.63) is 23.3 Å². The van der Waals surface area contributed by atoms with Gasteiger partial charge in [0, 0.05) is 6.92 Å². The Bertz CT molecular complexity index is 316. The minimum atomic E-state index is -0.196. The fourth-order valence-electron chi connectivity index (χ4n) is 1.88. The standard InChI is InChI=1S/C16H28O3/c1-5-16(19-15(4)18)10-9-13(2)7-6-8-14(3)11-12-17/h7,11,16-17H,5-6,8-10,12H2,1-4H3/b13-7+,14-11+. The molecule has 110 valence electrons. The second kappa shape index (κ2) is 10.8. The van der Waals surface area contributed by atoms with Gasteiger partial charge < -0.3 is 9.84 Å². The fraction of sp³-hybridized carbons (Fsp3) is 0.688. The van der Waals surface area contributed by atoms with Crippen molar-refractivity contribution in [3.63, 3.8) is 0 Å². The van der Waals surface area contributed by atoms with E-state index >= 15 is 0 Å². The van der Waals surface area contributed by atoms with Gasteiger partial charge in [-0.2, -0.15) is 0 Å². The van der Waals surface area contributed by atoms with Crippen LogP contribution in [0.5, 0.6) is 0 Å². The molecule has 1 unspecified atom stereocenters. The summed E-state index contributed by atoms with van der Waals surface area (Å²) in [5.74, 6) is -0.196. The highest BCUT2D eigenvalue weighted by Crippen LogP contribution is 2.14. The molecule has 0 aliphatic carbocycles. The lowest BCUT2D eigenvalue weighted by atomic mass is 10.0. The molecule has 1 atom stereocenters. The minimum Gasteiger partial charge on any atom is -0.463 e. The average Bonchev–Trinajstić information content (AvgIpc) is 2.34. The highest BCUT2D eigenvalue weighted by Gasteiger charge is 2.09. The molecule has 0 bridgehead atoms. The van der Waals surface area contributed by atoms with Gasteiger partial charge in [0.2, 0.25) is 0 Å². The van der Waals surface area contributed by atoms with Gasteiger partial charge in [-0.05, 0) is 46.0 Å². The van der Waals surface area contributed by atoms with Crippen LogP contribution in [0.2, 0.25) is 0 Å². The summed E-state index contributed by atoms with van der Waals surface area (Å²) < 4.78 is 5.22. The molecule has 0 saturated heterocycles. The van der Waals surface area contributed by atoms with Crippen LogP contribution in [0.1, 0.15) is 59.8 Å². The van der Waals surface area contributed by atoms with Crippen molar-refractivity contribution in [1.82, 2.24) is 0 Å². The van der Waals surface area contributed by atoms with E-state index in [2.05, 4.69) is 13.0 Å². The molecular weight excluding hydrogens is 240 g/mol. The molecule has 0 amide bonds. The van der Waals surface area contributed by atoms with Crippen LogP contribution in [0.25, 0.3) is 0 Å². The van der Waals surface area contributed by atoms with Gasteiger partial charge in [0.25, 0.3) is 0 Å². The van der Waals surface area contributed by atoms with Crippen LogP contribution in [0, 0.1) is 0 Å². The number of aliphatic hydroxyl groups excluding tert-OH is 1. The monoisotopic (exact) mass is 268 g/mol. The van der Waals surface area contributed by atoms with Gasteiger partial charge in [0.15, 0.2) is 0 Å². The van der Waals surface area contributed by atoms with E-state index in [1.54, 1.807) is 0 Å². The molecule has 0 aliphatic heterocycles. The summed E-state index contributed by atoms with van der Waals surface area (Å²) in [7, 11) is 0. The molecule has 0 fully saturated rings. The van der Waals surface area contributed by atoms with Crippen LogP contribution in [0.15, 0.2) is 23.3 Å². The lowest BCUT2D eigenvalue weighted by Crippen LogP contribution is -2.15. The zero-order valence-corrected chi connectivity index (χ0v) is 12.7. The number of carbonyl (C=O) groups is 1. The maximum absolute atomic E-state index is 10.9. The van der Waals surface area contributed by atoms with Gasteiger partial charge in [-0.15, -0.1) is 0 Å². The highest BCUT2D eigenvalue weighted by atomic mass is 16.5. The van der Waals surface area contributed by atoms with Crippen molar-refractivity contribution in [1.29, 1.82) is 0 Å². The van der Waals surface area contributed by atoms with Gasteiger partial charge in [-0.25, -0.2) is 0 Å². The number of ether oxygens (including phenoxy) is 1. The van der Waals surface area contributed by atoms with Crippen LogP contribution in [-0.2, 0) is 9.53 Å². The summed E-state index contributed by atoms with van der Waals surface area (Å²) in [6.07, 6.45) is 8.82. The van der Waals surface area contributed by atoms with E-state index in [1.807, 2.05) is 19.9 Å². The van der Waals surface area contributed by atoms with Crippen molar-refractivity contribution in [2.75, 3.05) is 6.61 Å². The average molecular weight is 268 g/mol. The summed E-state index contributed by atoms with van der Waals surface area (Å²) in [4.78, 5) is 10.9. The number of carbonyl (C=O) groups excluding carboxylic acids is 1. The summed E-state index contributed by atoms with van der Waals surface area (Å²) >= 11 is 0. The van der Waals surface area contributed by atoms with Crippen LogP contribution < -0.4 is 0 Å². The van der Waals surface area contributed by atoms with E-state index in [9.17, 15) is 4.79 Å². The van der Waals surface area contributed by atoms with E-state index in [1.165, 1.54) is 18.1 Å². The van der Waals surface area contributed by atoms with Gasteiger partial charge in [0.05, 0.1) is 6.61 Å². The van der Waals surface area contributed by atoms with E-state index in [4.69, 9.17) is 9.84 Å². The van der Waals surface area contributed by atoms with Crippen molar-refractivity contribution in [2.45, 2.75) is 65.9 Å². The number of allylic oxidation sites excluding steroid dienone is 3. The summed E-state index contributed by atoms with van der Waals surface area (Å²) in [5, 5.41) is 8.76. The second-order valence-corrected chi connectivity index (χ2v) is 5.00. The maximum atomic E-state index is 10.9. The lowest BCUT2D eigenvalue weighted by Gasteiger charge is -2.14. The summed E-state index contributed by atoms with van der Waals surface area (Å²) in [6.45, 7) is 7.77. The molecule has 0 spiro atoms. The van der Waals surface area contributed by atoms with Gasteiger partial charge in [0.1, 0.15) is 6.10 Å². The number of hydrogen-bond acceptors (Lipinski definition) is 3. The van der Waals surface area contributed by atoms with Gasteiger partial charge >= 0.3 is 5.97 Å². The van der Waals surface area contributed by atoms with Gasteiger partial charge in [-0.1, -0.05) is 30.2 Å². The van der Waals surface area contributed by atoms with Crippen LogP contribution >= 0.6 is 0 Å². The molecule has 0 rings (SSSR count). The van der Waals surface area contributed by atoms with E-state index in [0.29, 0.717) is 0 Å². The molecule has 0 aliphatic rings.